The fraction of sp³-hybridized carbons (Fsp3) is 0.375. The normalized spacial score (nSPS) is 10.9. The second kappa shape index (κ2) is 9.67. The van der Waals surface area contributed by atoms with Crippen LogP contribution in [0.4, 0.5) is 5.69 Å². The van der Waals surface area contributed by atoms with Gasteiger partial charge in [-0.15, -0.1) is 0 Å². The van der Waals surface area contributed by atoms with E-state index in [9.17, 15) is 14.4 Å². The van der Waals surface area contributed by atoms with Gasteiger partial charge in [0.1, 0.15) is 0 Å². The van der Waals surface area contributed by atoms with Gasteiger partial charge in [-0.1, -0.05) is 24.6 Å². The van der Waals surface area contributed by atoms with Gasteiger partial charge in [-0.3, -0.25) is 14.4 Å². The van der Waals surface area contributed by atoms with Gasteiger partial charge in [0.2, 0.25) is 5.91 Å². The minimum atomic E-state index is -0.928. The summed E-state index contributed by atoms with van der Waals surface area (Å²) in [6.07, 6.45) is 0.886. The molecule has 0 saturated heterocycles. The first-order valence-corrected chi connectivity index (χ1v) is 7.89. The van der Waals surface area contributed by atoms with Crippen molar-refractivity contribution < 1.29 is 14.4 Å². The van der Waals surface area contributed by atoms with Gasteiger partial charge in [0.05, 0.1) is 6.42 Å². The van der Waals surface area contributed by atoms with E-state index in [4.69, 9.17) is 11.6 Å². The van der Waals surface area contributed by atoms with E-state index in [1.165, 1.54) is 0 Å². The summed E-state index contributed by atoms with van der Waals surface area (Å²) >= 11 is 5.95. The topological polar surface area (TPSA) is 99.7 Å². The maximum atomic E-state index is 11.8. The number of nitrogens with zero attached hydrogens (tertiary/aromatic N) is 1. The molecule has 0 aliphatic heterocycles. The molecule has 3 amide bonds. The zero-order valence-electron chi connectivity index (χ0n) is 13.9. The lowest BCUT2D eigenvalue weighted by Crippen LogP contribution is -2.33. The van der Waals surface area contributed by atoms with Crippen LogP contribution in [-0.4, -0.2) is 30.0 Å². The number of anilines is 1. The van der Waals surface area contributed by atoms with E-state index >= 15 is 0 Å². The predicted octanol–water partition coefficient (Wildman–Crippen LogP) is 2.00. The molecule has 130 valence electrons. The molecule has 0 fully saturated rings. The first-order chi connectivity index (χ1) is 11.3. The number of amides is 3. The first kappa shape index (κ1) is 19.6. The second-order valence-corrected chi connectivity index (χ2v) is 5.59. The van der Waals surface area contributed by atoms with Crippen molar-refractivity contribution in [3.63, 3.8) is 0 Å². The van der Waals surface area contributed by atoms with Crippen LogP contribution in [0.25, 0.3) is 0 Å². The minimum Gasteiger partial charge on any atom is -0.356 e. The molecule has 1 aromatic rings. The molecular weight excluding hydrogens is 332 g/mol. The molecule has 7 nitrogen and oxygen atoms in total. The van der Waals surface area contributed by atoms with Crippen LogP contribution in [-0.2, 0) is 14.4 Å². The molecule has 3 N–H and O–H groups in total. The lowest BCUT2D eigenvalue weighted by Gasteiger charge is -2.08. The third-order valence-electron chi connectivity index (χ3n) is 3.06. The van der Waals surface area contributed by atoms with Crippen LogP contribution >= 0.6 is 11.6 Å². The monoisotopic (exact) mass is 352 g/mol. The van der Waals surface area contributed by atoms with Crippen LogP contribution in [0.2, 0.25) is 5.02 Å². The largest absolute Gasteiger partial charge is 0.356 e. The maximum Gasteiger partial charge on any atom is 0.329 e. The minimum absolute atomic E-state index is 0.0509. The van der Waals surface area contributed by atoms with Crippen molar-refractivity contribution in [3.8, 4) is 0 Å². The van der Waals surface area contributed by atoms with Gasteiger partial charge in [0, 0.05) is 23.0 Å². The number of hydrogen-bond acceptors (Lipinski definition) is 4. The lowest BCUT2D eigenvalue weighted by atomic mass is 10.2. The molecule has 1 rings (SSSR count). The highest BCUT2D eigenvalue weighted by Crippen LogP contribution is 2.22. The summed E-state index contributed by atoms with van der Waals surface area (Å²) in [5, 5.41) is 9.38. The molecule has 0 unspecified atom stereocenters. The molecule has 0 aliphatic carbocycles. The van der Waals surface area contributed by atoms with E-state index in [2.05, 4.69) is 21.2 Å². The van der Waals surface area contributed by atoms with Crippen molar-refractivity contribution in [1.82, 2.24) is 10.7 Å². The highest BCUT2D eigenvalue weighted by Gasteiger charge is 2.15. The molecule has 8 heteroatoms. The SMILES string of the molecule is CCCNC(=O)C/C(C)=N\NC(=O)C(=O)Nc1cccc(Cl)c1C. The van der Waals surface area contributed by atoms with Crippen molar-refractivity contribution in [2.75, 3.05) is 11.9 Å². The number of benzene rings is 1. The van der Waals surface area contributed by atoms with E-state index in [1.54, 1.807) is 32.0 Å². The Labute approximate surface area is 145 Å². The van der Waals surface area contributed by atoms with E-state index in [1.807, 2.05) is 6.92 Å². The third-order valence-corrected chi connectivity index (χ3v) is 3.47. The summed E-state index contributed by atoms with van der Waals surface area (Å²) < 4.78 is 0. The van der Waals surface area contributed by atoms with Gasteiger partial charge in [-0.2, -0.15) is 5.10 Å². The Morgan fingerprint density at radius 2 is 1.92 bits per heavy atom. The van der Waals surface area contributed by atoms with Crippen molar-refractivity contribution in [2.45, 2.75) is 33.6 Å². The van der Waals surface area contributed by atoms with Crippen LogP contribution in [0.3, 0.4) is 0 Å². The van der Waals surface area contributed by atoms with E-state index in [-0.39, 0.29) is 12.3 Å². The Bertz CT molecular complexity index is 659. The zero-order valence-corrected chi connectivity index (χ0v) is 14.7. The number of nitrogens with one attached hydrogen (secondary N) is 3. The highest BCUT2D eigenvalue weighted by atomic mass is 35.5. The average Bonchev–Trinajstić information content (AvgIpc) is 2.54. The van der Waals surface area contributed by atoms with Gasteiger partial charge in [0.15, 0.2) is 0 Å². The molecule has 0 aliphatic rings. The van der Waals surface area contributed by atoms with Gasteiger partial charge in [-0.05, 0) is 38.0 Å². The van der Waals surface area contributed by atoms with Crippen LogP contribution in [0.1, 0.15) is 32.3 Å². The van der Waals surface area contributed by atoms with Gasteiger partial charge in [0.25, 0.3) is 0 Å². The number of hydrogen-bond donors (Lipinski definition) is 3. The fourth-order valence-electron chi connectivity index (χ4n) is 1.72. The third kappa shape index (κ3) is 6.37. The summed E-state index contributed by atoms with van der Waals surface area (Å²) in [4.78, 5) is 35.1. The molecule has 1 aromatic carbocycles. The van der Waals surface area contributed by atoms with Crippen molar-refractivity contribution >= 4 is 40.7 Å². The molecule has 0 radical (unpaired) electrons. The molecule has 0 aromatic heterocycles. The highest BCUT2D eigenvalue weighted by molar-refractivity contribution is 6.40. The van der Waals surface area contributed by atoms with Crippen LogP contribution < -0.4 is 16.1 Å². The Morgan fingerprint density at radius 3 is 2.58 bits per heavy atom. The van der Waals surface area contributed by atoms with E-state index < -0.39 is 11.8 Å². The Morgan fingerprint density at radius 1 is 1.21 bits per heavy atom. The fourth-order valence-corrected chi connectivity index (χ4v) is 1.89. The summed E-state index contributed by atoms with van der Waals surface area (Å²) in [5.74, 6) is -1.98. The summed E-state index contributed by atoms with van der Waals surface area (Å²) in [7, 11) is 0. The van der Waals surface area contributed by atoms with E-state index in [0.717, 1.165) is 6.42 Å². The van der Waals surface area contributed by atoms with Crippen molar-refractivity contribution in [3.05, 3.63) is 28.8 Å². The quantitative estimate of drug-likeness (QED) is 0.414. The summed E-state index contributed by atoms with van der Waals surface area (Å²) in [6.45, 7) is 5.85. The van der Waals surface area contributed by atoms with Crippen LogP contribution in [0.5, 0.6) is 0 Å². The van der Waals surface area contributed by atoms with Gasteiger partial charge in [-0.25, -0.2) is 5.43 Å². The predicted molar refractivity (Wildman–Crippen MR) is 94.0 cm³/mol. The standard InChI is InChI=1S/C16H21ClN4O3/c1-4-8-18-14(22)9-10(2)20-21-16(24)15(23)19-13-7-5-6-12(17)11(13)3/h5-7H,4,8-9H2,1-3H3,(H,18,22)(H,19,23)(H,21,24)/b20-10-. The number of carbonyl (C=O) groups excluding carboxylic acids is 3. The maximum absolute atomic E-state index is 11.8. The van der Waals surface area contributed by atoms with Crippen molar-refractivity contribution in [1.29, 1.82) is 0 Å². The molecule has 0 atom stereocenters. The molecule has 24 heavy (non-hydrogen) atoms. The van der Waals surface area contributed by atoms with E-state index in [0.29, 0.717) is 28.5 Å². The van der Waals surface area contributed by atoms with Crippen LogP contribution in [0.15, 0.2) is 23.3 Å². The summed E-state index contributed by atoms with van der Waals surface area (Å²) in [6, 6.07) is 4.99. The van der Waals surface area contributed by atoms with Gasteiger partial charge >= 0.3 is 11.8 Å². The Hall–Kier alpha value is -2.41. The second-order valence-electron chi connectivity index (χ2n) is 5.18. The lowest BCUT2D eigenvalue weighted by molar-refractivity contribution is -0.136. The number of carbonyl (C=O) groups is 3. The molecule has 0 saturated carbocycles. The first-order valence-electron chi connectivity index (χ1n) is 7.51. The molecule has 0 spiro atoms. The Balaban J connectivity index is 2.55. The average molecular weight is 353 g/mol. The van der Waals surface area contributed by atoms with Crippen molar-refractivity contribution in [2.24, 2.45) is 5.10 Å². The molecule has 0 heterocycles. The molecule has 0 bridgehead atoms. The Kier molecular flexibility index (Phi) is 7.91. The molecular formula is C16H21ClN4O3. The number of rotatable bonds is 6. The zero-order chi connectivity index (χ0) is 18.1. The number of halogens is 1. The van der Waals surface area contributed by atoms with Crippen LogP contribution in [0, 0.1) is 6.92 Å². The number of hydrazone groups is 1. The smallest absolute Gasteiger partial charge is 0.329 e. The van der Waals surface area contributed by atoms with Gasteiger partial charge < -0.3 is 10.6 Å². The summed E-state index contributed by atoms with van der Waals surface area (Å²) in [5.41, 5.74) is 3.62.